The van der Waals surface area contributed by atoms with Gasteiger partial charge in [0, 0.05) is 28.2 Å². The number of anilines is 2. The minimum absolute atomic E-state index is 0. The maximum Gasteiger partial charge on any atom is 3.00 e. The molecule has 0 N–H and O–H groups in total. The van der Waals surface area contributed by atoms with Gasteiger partial charge in [-0.1, -0.05) is 78.7 Å². The topological polar surface area (TPSA) is 23.8 Å². The summed E-state index contributed by atoms with van der Waals surface area (Å²) in [5, 5.41) is 5.14. The van der Waals surface area contributed by atoms with Gasteiger partial charge in [0.25, 0.3) is 0 Å². The number of rotatable bonds is 3. The van der Waals surface area contributed by atoms with Crippen molar-refractivity contribution >= 4 is 49.5 Å². The Kier molecular flexibility index (Phi) is 7.82. The van der Waals surface area contributed by atoms with Crippen LogP contribution < -0.4 is 9.80 Å². The summed E-state index contributed by atoms with van der Waals surface area (Å²) in [6.07, 6.45) is 6.07. The molecule has 4 nitrogen and oxygen atoms in total. The van der Waals surface area contributed by atoms with E-state index in [9.17, 15) is 0 Å². The van der Waals surface area contributed by atoms with Crippen LogP contribution in [0.25, 0.3) is 49.4 Å². The summed E-state index contributed by atoms with van der Waals surface area (Å²) in [5.74, 6) is 0. The molecule has 1 aliphatic rings. The molecule has 0 saturated carbocycles. The molecule has 0 unspecified atom stereocenters. The van der Waals surface area contributed by atoms with Crippen molar-refractivity contribution < 1.29 is 20.1 Å². The number of fused-ring (bicyclic) bond motifs is 6. The molecule has 0 fully saturated rings. The summed E-state index contributed by atoms with van der Waals surface area (Å²) in [6, 6.07) is 45.0. The molecule has 0 aliphatic carbocycles. The van der Waals surface area contributed by atoms with E-state index in [-0.39, 0.29) is 20.1 Å². The van der Waals surface area contributed by atoms with Gasteiger partial charge in [0.2, 0.25) is 0 Å². The van der Waals surface area contributed by atoms with Crippen molar-refractivity contribution in [3.05, 3.63) is 163 Å². The van der Waals surface area contributed by atoms with E-state index >= 15 is 0 Å². The SMILES string of the molecule is Cc1c[c-]c(-c2cc(C)c(C)cn2)cc1.[Ir+3].[c-]1cc2c3cccc4c5ccccc5n(c2cc1N1C=CN(c2ccccc2)[CH-]1)c43. The van der Waals surface area contributed by atoms with E-state index in [0.717, 1.165) is 22.6 Å². The first-order valence-electron chi connectivity index (χ1n) is 15.2. The Hall–Kier alpha value is -4.96. The first kappa shape index (κ1) is 29.7. The Balaban J connectivity index is 0.000000180. The van der Waals surface area contributed by atoms with Crippen LogP contribution in [0.4, 0.5) is 11.4 Å². The fourth-order valence-electron chi connectivity index (χ4n) is 6.19. The largest absolute Gasteiger partial charge is 3.00 e. The van der Waals surface area contributed by atoms with Gasteiger partial charge in [-0.05, 0) is 61.1 Å². The van der Waals surface area contributed by atoms with Crippen molar-refractivity contribution in [2.24, 2.45) is 0 Å². The van der Waals surface area contributed by atoms with Gasteiger partial charge in [-0.2, -0.15) is 12.1 Å². The van der Waals surface area contributed by atoms with E-state index in [0.29, 0.717) is 0 Å². The first-order valence-corrected chi connectivity index (χ1v) is 15.2. The van der Waals surface area contributed by atoms with Gasteiger partial charge in [0.05, 0.1) is 5.52 Å². The molecule has 5 heteroatoms. The maximum absolute atomic E-state index is 4.41. The Bertz CT molecular complexity index is 2340. The zero-order valence-electron chi connectivity index (χ0n) is 25.8. The van der Waals surface area contributed by atoms with Gasteiger partial charge in [-0.3, -0.25) is 0 Å². The molecule has 224 valence electrons. The number of benzene rings is 5. The Morgan fingerprint density at radius 1 is 0.630 bits per heavy atom. The van der Waals surface area contributed by atoms with Gasteiger partial charge in [0.1, 0.15) is 0 Å². The summed E-state index contributed by atoms with van der Waals surface area (Å²) >= 11 is 0. The second-order valence-corrected chi connectivity index (χ2v) is 11.7. The van der Waals surface area contributed by atoms with Crippen LogP contribution in [0.3, 0.4) is 0 Å². The molecule has 0 spiro atoms. The third kappa shape index (κ3) is 5.12. The van der Waals surface area contributed by atoms with Crippen molar-refractivity contribution in [2.75, 3.05) is 9.80 Å². The molecule has 0 amide bonds. The summed E-state index contributed by atoms with van der Waals surface area (Å²) in [6.45, 7) is 8.34. The average Bonchev–Trinajstić information content (AvgIpc) is 3.79. The van der Waals surface area contributed by atoms with E-state index < -0.39 is 0 Å². The molecule has 0 bridgehead atoms. The summed E-state index contributed by atoms with van der Waals surface area (Å²) in [7, 11) is 0. The third-order valence-electron chi connectivity index (χ3n) is 8.73. The molecule has 9 rings (SSSR count). The minimum atomic E-state index is 0. The van der Waals surface area contributed by atoms with E-state index in [4.69, 9.17) is 0 Å². The second kappa shape index (κ2) is 12.1. The number of pyridine rings is 1. The van der Waals surface area contributed by atoms with Crippen LogP contribution >= 0.6 is 0 Å². The van der Waals surface area contributed by atoms with Crippen molar-refractivity contribution in [3.8, 4) is 11.3 Å². The van der Waals surface area contributed by atoms with Crippen LogP contribution in [-0.2, 0) is 20.1 Å². The van der Waals surface area contributed by atoms with Crippen LogP contribution in [0.1, 0.15) is 16.7 Å². The van der Waals surface area contributed by atoms with Gasteiger partial charge in [-0.25, -0.2) is 0 Å². The van der Waals surface area contributed by atoms with Crippen molar-refractivity contribution in [3.63, 3.8) is 0 Å². The Morgan fingerprint density at radius 3 is 2.15 bits per heavy atom. The monoisotopic (exact) mass is 772 g/mol. The fraction of sp³-hybridized carbons (Fsp3) is 0.0732. The van der Waals surface area contributed by atoms with Gasteiger partial charge in [-0.15, -0.1) is 59.2 Å². The average molecular weight is 772 g/mol. The fourth-order valence-corrected chi connectivity index (χ4v) is 6.19. The number of aromatic nitrogens is 2. The third-order valence-corrected chi connectivity index (χ3v) is 8.73. The molecule has 0 saturated heterocycles. The molecular formula is C41H31IrN4. The summed E-state index contributed by atoms with van der Waals surface area (Å²) in [5.41, 5.74) is 11.7. The molecular weight excluding hydrogens is 741 g/mol. The zero-order valence-corrected chi connectivity index (χ0v) is 28.2. The molecule has 0 atom stereocenters. The molecule has 46 heavy (non-hydrogen) atoms. The summed E-state index contributed by atoms with van der Waals surface area (Å²) in [4.78, 5) is 8.66. The molecule has 5 aromatic carbocycles. The minimum Gasteiger partial charge on any atom is -0.500 e. The molecule has 0 radical (unpaired) electrons. The number of para-hydroxylation sites is 3. The second-order valence-electron chi connectivity index (χ2n) is 11.7. The van der Waals surface area contributed by atoms with Crippen molar-refractivity contribution in [1.29, 1.82) is 0 Å². The molecule has 1 aliphatic heterocycles. The number of aryl methyl sites for hydroxylation is 3. The normalized spacial score (nSPS) is 12.7. The van der Waals surface area contributed by atoms with Crippen molar-refractivity contribution in [1.82, 2.24) is 9.38 Å². The standard InChI is InChI=1S/C27H17N3.C14H14N.Ir/c1-2-7-19(8-3-1)28-15-16-29(18-28)20-13-14-22-24-11-6-10-23-21-9-4-5-12-25(21)30(27(23)24)26(22)17-20;1-10-4-6-13(7-5-10)14-8-11(2)12(3)9-15-14;/h1-12,14-18H;4-6,8-9H,1-3H3;/q-2;-1;+3. The smallest absolute Gasteiger partial charge is 0.500 e. The van der Waals surface area contributed by atoms with Gasteiger partial charge >= 0.3 is 20.1 Å². The number of hydrogen-bond donors (Lipinski definition) is 0. The van der Waals surface area contributed by atoms with E-state index in [1.54, 1.807) is 0 Å². The molecule has 8 aromatic rings. The number of hydrogen-bond acceptors (Lipinski definition) is 3. The summed E-state index contributed by atoms with van der Waals surface area (Å²) < 4.78 is 2.40. The van der Waals surface area contributed by atoms with Crippen LogP contribution in [0.15, 0.2) is 128 Å². The zero-order chi connectivity index (χ0) is 30.5. The van der Waals surface area contributed by atoms with Crippen LogP contribution in [0.2, 0.25) is 0 Å². The molecule has 4 heterocycles. The van der Waals surface area contributed by atoms with Crippen LogP contribution in [-0.4, -0.2) is 9.38 Å². The Labute approximate surface area is 282 Å². The number of nitrogens with zero attached hydrogens (tertiary/aromatic N) is 4. The van der Waals surface area contributed by atoms with E-state index in [1.165, 1.54) is 54.8 Å². The van der Waals surface area contributed by atoms with Crippen LogP contribution in [0.5, 0.6) is 0 Å². The van der Waals surface area contributed by atoms with E-state index in [2.05, 4.69) is 168 Å². The predicted octanol–water partition coefficient (Wildman–Crippen LogP) is 10.0. The van der Waals surface area contributed by atoms with Crippen molar-refractivity contribution in [2.45, 2.75) is 20.8 Å². The van der Waals surface area contributed by atoms with E-state index in [1.807, 2.05) is 18.3 Å². The van der Waals surface area contributed by atoms with Gasteiger partial charge in [0.15, 0.2) is 0 Å². The van der Waals surface area contributed by atoms with Gasteiger partial charge < -0.3 is 19.2 Å². The first-order chi connectivity index (χ1) is 22.0. The Morgan fingerprint density at radius 2 is 1.37 bits per heavy atom. The predicted molar refractivity (Wildman–Crippen MR) is 187 cm³/mol. The van der Waals surface area contributed by atoms with Crippen LogP contribution in [0, 0.1) is 39.6 Å². The quantitative estimate of drug-likeness (QED) is 0.167. The molecule has 3 aromatic heterocycles. The maximum atomic E-state index is 4.41.